The molecule has 0 unspecified atom stereocenters. The van der Waals surface area contributed by atoms with E-state index >= 15 is 0 Å². The second-order valence-corrected chi connectivity index (χ2v) is 4.52. The number of hydrogen-bond acceptors (Lipinski definition) is 2. The summed E-state index contributed by atoms with van der Waals surface area (Å²) in [6, 6.07) is 4.50. The monoisotopic (exact) mass is 279 g/mol. The molecule has 1 heterocycles. The highest BCUT2D eigenvalue weighted by atomic mass is 35.5. The zero-order chi connectivity index (χ0) is 11.4. The highest BCUT2D eigenvalue weighted by Gasteiger charge is 2.14. The average Bonchev–Trinajstić information content (AvgIpc) is 2.29. The van der Waals surface area contributed by atoms with Crippen molar-refractivity contribution in [1.82, 2.24) is 5.32 Å². The van der Waals surface area contributed by atoms with Gasteiger partial charge in [0.25, 0.3) is 0 Å². The number of piperidine rings is 1. The zero-order valence-corrected chi connectivity index (χ0v) is 11.0. The second kappa shape index (κ2) is 7.04. The number of benzene rings is 1. The van der Waals surface area contributed by atoms with Crippen molar-refractivity contribution in [3.05, 3.63) is 29.0 Å². The zero-order valence-electron chi connectivity index (χ0n) is 9.42. The van der Waals surface area contributed by atoms with Crippen molar-refractivity contribution in [2.45, 2.75) is 12.8 Å². The molecule has 2 nitrogen and oxygen atoms in total. The lowest BCUT2D eigenvalue weighted by molar-refractivity contribution is 0.208. The van der Waals surface area contributed by atoms with E-state index in [1.807, 2.05) is 0 Å². The van der Waals surface area contributed by atoms with Crippen LogP contribution in [0.4, 0.5) is 4.39 Å². The molecule has 1 N–H and O–H groups in total. The Bertz CT molecular complexity index is 356. The van der Waals surface area contributed by atoms with Gasteiger partial charge in [0.2, 0.25) is 0 Å². The van der Waals surface area contributed by atoms with E-state index in [0.717, 1.165) is 25.9 Å². The summed E-state index contributed by atoms with van der Waals surface area (Å²) in [4.78, 5) is 0. The van der Waals surface area contributed by atoms with Crippen LogP contribution in [0.3, 0.4) is 0 Å². The van der Waals surface area contributed by atoms with E-state index in [0.29, 0.717) is 23.3 Å². The maximum atomic E-state index is 13.4. The Morgan fingerprint density at radius 1 is 1.35 bits per heavy atom. The molecule has 0 saturated carbocycles. The predicted octanol–water partition coefficient (Wildman–Crippen LogP) is 3.28. The minimum Gasteiger partial charge on any atom is -0.490 e. The summed E-state index contributed by atoms with van der Waals surface area (Å²) in [6.45, 7) is 2.63. The third-order valence-corrected chi connectivity index (χ3v) is 3.06. The molecular weight excluding hydrogens is 264 g/mol. The van der Waals surface area contributed by atoms with Crippen LogP contribution in [-0.2, 0) is 0 Å². The van der Waals surface area contributed by atoms with Gasteiger partial charge in [0.1, 0.15) is 0 Å². The van der Waals surface area contributed by atoms with Crippen molar-refractivity contribution < 1.29 is 9.13 Å². The van der Waals surface area contributed by atoms with E-state index in [2.05, 4.69) is 5.32 Å². The number of halogens is 3. The van der Waals surface area contributed by atoms with Gasteiger partial charge in [-0.1, -0.05) is 11.6 Å². The van der Waals surface area contributed by atoms with Crippen LogP contribution in [0.2, 0.25) is 5.02 Å². The first-order valence-corrected chi connectivity index (χ1v) is 5.92. The normalized spacial score (nSPS) is 16.4. The highest BCUT2D eigenvalue weighted by Crippen LogP contribution is 2.22. The summed E-state index contributed by atoms with van der Waals surface area (Å²) in [6.07, 6.45) is 2.18. The first-order valence-electron chi connectivity index (χ1n) is 5.54. The molecule has 0 radical (unpaired) electrons. The fourth-order valence-corrected chi connectivity index (χ4v) is 2.01. The Balaban J connectivity index is 0.00000144. The van der Waals surface area contributed by atoms with E-state index in [-0.39, 0.29) is 18.2 Å². The molecule has 1 aromatic carbocycles. The summed E-state index contributed by atoms with van der Waals surface area (Å²) in [5, 5.41) is 3.68. The topological polar surface area (TPSA) is 21.3 Å². The fourth-order valence-electron chi connectivity index (χ4n) is 1.85. The predicted molar refractivity (Wildman–Crippen MR) is 69.7 cm³/mol. The van der Waals surface area contributed by atoms with E-state index < -0.39 is 0 Å². The van der Waals surface area contributed by atoms with E-state index in [1.165, 1.54) is 6.07 Å². The largest absolute Gasteiger partial charge is 0.490 e. The standard InChI is InChI=1S/C12H15ClFNO.ClH/c13-10-1-2-12(11(14)7-10)16-8-9-3-5-15-6-4-9;/h1-2,7,9,15H,3-6,8H2;1H. The van der Waals surface area contributed by atoms with Gasteiger partial charge in [-0.3, -0.25) is 0 Å². The average molecular weight is 280 g/mol. The molecule has 0 bridgehead atoms. The molecular formula is C12H16Cl2FNO. The highest BCUT2D eigenvalue weighted by molar-refractivity contribution is 6.30. The molecule has 5 heteroatoms. The molecule has 1 aliphatic heterocycles. The van der Waals surface area contributed by atoms with Crippen molar-refractivity contribution in [2.24, 2.45) is 5.92 Å². The molecule has 1 fully saturated rings. The molecule has 2 rings (SSSR count). The summed E-state index contributed by atoms with van der Waals surface area (Å²) in [5.41, 5.74) is 0. The van der Waals surface area contributed by atoms with E-state index in [1.54, 1.807) is 12.1 Å². The number of nitrogens with one attached hydrogen (secondary N) is 1. The fraction of sp³-hybridized carbons (Fsp3) is 0.500. The van der Waals surface area contributed by atoms with Gasteiger partial charge < -0.3 is 10.1 Å². The van der Waals surface area contributed by atoms with Gasteiger partial charge in [-0.2, -0.15) is 0 Å². The van der Waals surface area contributed by atoms with Gasteiger partial charge in [0.05, 0.1) is 6.61 Å². The maximum absolute atomic E-state index is 13.4. The van der Waals surface area contributed by atoms with Crippen molar-refractivity contribution in [3.63, 3.8) is 0 Å². The Hall–Kier alpha value is -0.510. The number of hydrogen-bond donors (Lipinski definition) is 1. The van der Waals surface area contributed by atoms with E-state index in [9.17, 15) is 4.39 Å². The van der Waals surface area contributed by atoms with Crippen LogP contribution in [0.25, 0.3) is 0 Å². The maximum Gasteiger partial charge on any atom is 0.166 e. The van der Waals surface area contributed by atoms with Crippen LogP contribution in [-0.4, -0.2) is 19.7 Å². The van der Waals surface area contributed by atoms with Crippen LogP contribution in [0.5, 0.6) is 5.75 Å². The number of ether oxygens (including phenoxy) is 1. The van der Waals surface area contributed by atoms with Gasteiger partial charge in [-0.15, -0.1) is 12.4 Å². The van der Waals surface area contributed by atoms with Crippen molar-refractivity contribution in [2.75, 3.05) is 19.7 Å². The molecule has 17 heavy (non-hydrogen) atoms. The van der Waals surface area contributed by atoms with Crippen LogP contribution >= 0.6 is 24.0 Å². The molecule has 0 spiro atoms. The lowest BCUT2D eigenvalue weighted by atomic mass is 9.99. The quantitative estimate of drug-likeness (QED) is 0.917. The third-order valence-electron chi connectivity index (χ3n) is 2.83. The molecule has 0 aromatic heterocycles. The number of rotatable bonds is 3. The van der Waals surface area contributed by atoms with Gasteiger partial charge in [-0.25, -0.2) is 4.39 Å². The van der Waals surface area contributed by atoms with Crippen LogP contribution < -0.4 is 10.1 Å². The first kappa shape index (κ1) is 14.6. The van der Waals surface area contributed by atoms with Crippen molar-refractivity contribution in [3.8, 4) is 5.75 Å². The molecule has 1 saturated heterocycles. The Labute approximate surface area is 112 Å². The Morgan fingerprint density at radius 3 is 2.71 bits per heavy atom. The summed E-state index contributed by atoms with van der Waals surface area (Å²) in [5.74, 6) is 0.431. The molecule has 1 aliphatic rings. The van der Waals surface area contributed by atoms with Gasteiger partial charge in [0, 0.05) is 5.02 Å². The minimum absolute atomic E-state index is 0. The molecule has 96 valence electrons. The summed E-state index contributed by atoms with van der Waals surface area (Å²) in [7, 11) is 0. The third kappa shape index (κ3) is 4.34. The van der Waals surface area contributed by atoms with Gasteiger partial charge >= 0.3 is 0 Å². The SMILES string of the molecule is Cl.Fc1cc(Cl)ccc1OCC1CCNCC1. The first-order chi connectivity index (χ1) is 7.75. The van der Waals surface area contributed by atoms with Crippen LogP contribution in [0.1, 0.15) is 12.8 Å². The Kier molecular flexibility index (Phi) is 6.03. The van der Waals surface area contributed by atoms with E-state index in [4.69, 9.17) is 16.3 Å². The molecule has 0 atom stereocenters. The lowest BCUT2D eigenvalue weighted by Crippen LogP contribution is -2.30. The summed E-state index contributed by atoms with van der Waals surface area (Å²) >= 11 is 5.66. The van der Waals surface area contributed by atoms with Crippen molar-refractivity contribution >= 4 is 24.0 Å². The van der Waals surface area contributed by atoms with Gasteiger partial charge in [-0.05, 0) is 50.0 Å². The summed E-state index contributed by atoms with van der Waals surface area (Å²) < 4.78 is 18.9. The van der Waals surface area contributed by atoms with Crippen molar-refractivity contribution in [1.29, 1.82) is 0 Å². The van der Waals surface area contributed by atoms with Crippen LogP contribution in [0.15, 0.2) is 18.2 Å². The Morgan fingerprint density at radius 2 is 2.06 bits per heavy atom. The molecule has 0 amide bonds. The molecule has 0 aliphatic carbocycles. The van der Waals surface area contributed by atoms with Crippen LogP contribution in [0, 0.1) is 11.7 Å². The van der Waals surface area contributed by atoms with Gasteiger partial charge in [0.15, 0.2) is 11.6 Å². The molecule has 1 aromatic rings. The minimum atomic E-state index is -0.388. The second-order valence-electron chi connectivity index (χ2n) is 4.08. The lowest BCUT2D eigenvalue weighted by Gasteiger charge is -2.22. The smallest absolute Gasteiger partial charge is 0.166 e.